The number of carbonyl (C=O) groups is 6. The van der Waals surface area contributed by atoms with Crippen molar-refractivity contribution in [3.05, 3.63) is 0 Å². The summed E-state index contributed by atoms with van der Waals surface area (Å²) in [6.07, 6.45) is 3.56. The van der Waals surface area contributed by atoms with Crippen LogP contribution in [0.15, 0.2) is 0 Å². The van der Waals surface area contributed by atoms with Gasteiger partial charge in [0, 0.05) is 84.3 Å². The predicted octanol–water partition coefficient (Wildman–Crippen LogP) is 8.00. The van der Waals surface area contributed by atoms with Gasteiger partial charge in [0.05, 0.1) is 23.9 Å². The molecule has 16 nitrogen and oxygen atoms in total. The average Bonchev–Trinajstić information content (AvgIpc) is 3.09. The molecule has 0 aliphatic carbocycles. The number of esters is 3. The smallest absolute Gasteiger partial charge is 0.306 e. The van der Waals surface area contributed by atoms with Crippen molar-refractivity contribution < 1.29 is 67.4 Å². The monoisotopic (exact) mass is 907 g/mol. The maximum absolute atomic E-state index is 12.2. The first-order valence-electron chi connectivity index (χ1n) is 22.9. The number of hydrogen-bond acceptors (Lipinski definition) is 13. The van der Waals surface area contributed by atoms with Crippen LogP contribution in [0, 0.1) is 11.8 Å². The lowest BCUT2D eigenvalue weighted by molar-refractivity contribution is -0.158. The summed E-state index contributed by atoms with van der Waals surface area (Å²) in [4.78, 5) is 71.1. The number of nitrogens with zero attached hydrogens (tertiary/aromatic N) is 1. The Balaban J connectivity index is -0.00000146. The Morgan fingerprint density at radius 1 is 0.540 bits per heavy atom. The lowest BCUT2D eigenvalue weighted by Crippen LogP contribution is -2.38. The molecule has 0 bridgehead atoms. The van der Waals surface area contributed by atoms with Gasteiger partial charge in [0.15, 0.2) is 0 Å². The zero-order valence-corrected chi connectivity index (χ0v) is 41.8. The fourth-order valence-electron chi connectivity index (χ4n) is 4.81. The molecule has 0 heterocycles. The van der Waals surface area contributed by atoms with Crippen LogP contribution in [0.25, 0.3) is 0 Å². The molecule has 0 rings (SSSR count). The van der Waals surface area contributed by atoms with Gasteiger partial charge in [0.1, 0.15) is 18.8 Å². The van der Waals surface area contributed by atoms with Crippen molar-refractivity contribution in [2.75, 3.05) is 59.2 Å². The van der Waals surface area contributed by atoms with E-state index in [4.69, 9.17) is 38.6 Å². The highest BCUT2D eigenvalue weighted by Gasteiger charge is 2.23. The third kappa shape index (κ3) is 54.7. The van der Waals surface area contributed by atoms with E-state index < -0.39 is 35.4 Å². The summed E-state index contributed by atoms with van der Waals surface area (Å²) in [5, 5.41) is 20.0. The second kappa shape index (κ2) is 36.9. The Kier molecular flexibility index (Phi) is 37.5. The van der Waals surface area contributed by atoms with E-state index in [1.54, 1.807) is 13.8 Å². The van der Waals surface area contributed by atoms with E-state index in [1.807, 2.05) is 18.7 Å². The van der Waals surface area contributed by atoms with Crippen LogP contribution in [0.2, 0.25) is 0 Å². The summed E-state index contributed by atoms with van der Waals surface area (Å²) < 4.78 is 32.5. The highest BCUT2D eigenvalue weighted by atomic mass is 16.6. The predicted molar refractivity (Wildman–Crippen MR) is 244 cm³/mol. The first-order chi connectivity index (χ1) is 29.0. The number of amides is 1. The number of carboxylic acid groups (broad SMARTS) is 2. The third-order valence-electron chi connectivity index (χ3n) is 8.43. The minimum Gasteiger partial charge on any atom is -0.481 e. The Morgan fingerprint density at radius 2 is 0.952 bits per heavy atom. The Morgan fingerprint density at radius 3 is 1.35 bits per heavy atom. The van der Waals surface area contributed by atoms with Gasteiger partial charge in [-0.3, -0.25) is 33.7 Å². The standard InChI is InChI=1S/C29H50N2O12.2C9H20O/c1-22(2)40-19-14-29(3,4)43-28(39)13-7-12-27(38)42-21-18-31(16-15-30-23(32)8-5-9-24(33)34)17-20-41-26(37)11-6-10-25(35)36;2*1-8(2)6-7-10-9(3,4)5/h22H,5-21H2,1-4H3,(H,30,32)(H,33,34)(H,35,36);2*8H,6-7H2,1-5H3. The van der Waals surface area contributed by atoms with Crippen molar-refractivity contribution in [2.24, 2.45) is 11.8 Å². The van der Waals surface area contributed by atoms with Crippen molar-refractivity contribution in [3.8, 4) is 0 Å². The summed E-state index contributed by atoms with van der Waals surface area (Å²) in [6, 6.07) is 0. The van der Waals surface area contributed by atoms with Crippen LogP contribution in [0.1, 0.15) is 174 Å². The number of carboxylic acids is 2. The van der Waals surface area contributed by atoms with Gasteiger partial charge in [-0.25, -0.2) is 0 Å². The van der Waals surface area contributed by atoms with Gasteiger partial charge in [0.2, 0.25) is 5.91 Å². The first-order valence-corrected chi connectivity index (χ1v) is 22.9. The van der Waals surface area contributed by atoms with Crippen molar-refractivity contribution in [1.29, 1.82) is 0 Å². The van der Waals surface area contributed by atoms with E-state index in [1.165, 1.54) is 0 Å². The van der Waals surface area contributed by atoms with Gasteiger partial charge in [-0.15, -0.1) is 0 Å². The molecule has 0 spiro atoms. The maximum atomic E-state index is 12.2. The van der Waals surface area contributed by atoms with E-state index in [2.05, 4.69) is 74.6 Å². The molecule has 372 valence electrons. The third-order valence-corrected chi connectivity index (χ3v) is 8.43. The number of carbonyl (C=O) groups excluding carboxylic acids is 4. The summed E-state index contributed by atoms with van der Waals surface area (Å²) in [5.41, 5.74) is -0.607. The second-order valence-electron chi connectivity index (χ2n) is 19.2. The Labute approximate surface area is 380 Å². The number of rotatable bonds is 32. The van der Waals surface area contributed by atoms with Crippen LogP contribution in [0.4, 0.5) is 0 Å². The molecule has 0 fully saturated rings. The molecular formula is C47H90N2O14. The van der Waals surface area contributed by atoms with Crippen LogP contribution in [0.5, 0.6) is 0 Å². The second-order valence-corrected chi connectivity index (χ2v) is 19.2. The minimum absolute atomic E-state index is 0.0199. The van der Waals surface area contributed by atoms with Gasteiger partial charge < -0.3 is 44.0 Å². The molecule has 0 aliphatic heterocycles. The van der Waals surface area contributed by atoms with Gasteiger partial charge >= 0.3 is 29.8 Å². The zero-order chi connectivity index (χ0) is 49.1. The van der Waals surface area contributed by atoms with Crippen LogP contribution in [0.3, 0.4) is 0 Å². The van der Waals surface area contributed by atoms with Crippen LogP contribution in [-0.2, 0) is 57.2 Å². The molecular weight excluding hydrogens is 817 g/mol. The zero-order valence-electron chi connectivity index (χ0n) is 41.8. The van der Waals surface area contributed by atoms with E-state index in [0.717, 1.165) is 37.9 Å². The first kappa shape index (κ1) is 63.9. The SMILES string of the molecule is CC(C)CCOC(C)(C)C.CC(C)CCOC(C)(C)C.CC(C)OCCC(C)(C)OC(=O)CCCC(=O)OCCN(CCNC(=O)CCCC(=O)O)CCOC(=O)CCCC(=O)O. The quantitative estimate of drug-likeness (QED) is 0.0431. The van der Waals surface area contributed by atoms with Crippen molar-refractivity contribution in [2.45, 2.75) is 197 Å². The van der Waals surface area contributed by atoms with E-state index >= 15 is 0 Å². The van der Waals surface area contributed by atoms with E-state index in [9.17, 15) is 28.8 Å². The number of ether oxygens (including phenoxy) is 6. The Bertz CT molecular complexity index is 1180. The van der Waals surface area contributed by atoms with Gasteiger partial charge in [-0.1, -0.05) is 27.7 Å². The molecule has 63 heavy (non-hydrogen) atoms. The molecule has 16 heteroatoms. The fraction of sp³-hybridized carbons (Fsp3) is 0.872. The fourth-order valence-corrected chi connectivity index (χ4v) is 4.81. The van der Waals surface area contributed by atoms with Crippen LogP contribution >= 0.6 is 0 Å². The molecule has 0 saturated heterocycles. The molecule has 0 radical (unpaired) electrons. The molecule has 0 aromatic carbocycles. The molecule has 0 unspecified atom stereocenters. The number of nitrogens with one attached hydrogen (secondary N) is 1. The highest BCUT2D eigenvalue weighted by molar-refractivity contribution is 5.76. The topological polar surface area (TPSA) is 214 Å². The summed E-state index contributed by atoms with van der Waals surface area (Å²) in [7, 11) is 0. The van der Waals surface area contributed by atoms with Crippen LogP contribution < -0.4 is 5.32 Å². The highest BCUT2D eigenvalue weighted by Crippen LogP contribution is 2.17. The van der Waals surface area contributed by atoms with E-state index in [0.29, 0.717) is 19.6 Å². The maximum Gasteiger partial charge on any atom is 0.306 e. The number of hydrogen-bond donors (Lipinski definition) is 3. The van der Waals surface area contributed by atoms with Crippen molar-refractivity contribution in [1.82, 2.24) is 10.2 Å². The van der Waals surface area contributed by atoms with Gasteiger partial charge in [-0.05, 0) is 113 Å². The lowest BCUT2D eigenvalue weighted by atomic mass is 10.1. The van der Waals surface area contributed by atoms with Crippen LogP contribution in [-0.4, -0.2) is 133 Å². The normalized spacial score (nSPS) is 11.7. The van der Waals surface area contributed by atoms with Crippen molar-refractivity contribution >= 4 is 35.8 Å². The average molecular weight is 907 g/mol. The largest absolute Gasteiger partial charge is 0.481 e. The summed E-state index contributed by atoms with van der Waals surface area (Å²) in [5.74, 6) is -2.16. The Hall–Kier alpha value is -3.34. The summed E-state index contributed by atoms with van der Waals surface area (Å²) in [6.45, 7) is 32.3. The molecule has 1 amide bonds. The lowest BCUT2D eigenvalue weighted by Gasteiger charge is -2.25. The molecule has 3 N–H and O–H groups in total. The minimum atomic E-state index is -0.995. The van der Waals surface area contributed by atoms with Gasteiger partial charge in [-0.2, -0.15) is 0 Å². The van der Waals surface area contributed by atoms with Gasteiger partial charge in [0.25, 0.3) is 0 Å². The summed E-state index contributed by atoms with van der Waals surface area (Å²) >= 11 is 0. The van der Waals surface area contributed by atoms with Crippen molar-refractivity contribution in [3.63, 3.8) is 0 Å². The molecule has 0 saturated carbocycles. The molecule has 0 aromatic heterocycles. The molecule has 0 aromatic rings. The molecule has 0 atom stereocenters. The van der Waals surface area contributed by atoms with E-state index in [-0.39, 0.29) is 114 Å². The molecule has 0 aliphatic rings. The number of aliphatic carboxylic acids is 2.